The van der Waals surface area contributed by atoms with Gasteiger partial charge in [0.2, 0.25) is 0 Å². The summed E-state index contributed by atoms with van der Waals surface area (Å²) >= 11 is 1.51. The van der Waals surface area contributed by atoms with Crippen LogP contribution in [0.2, 0.25) is 0 Å². The van der Waals surface area contributed by atoms with E-state index in [1.54, 1.807) is 6.07 Å². The number of benzene rings is 1. The first kappa shape index (κ1) is 15.8. The number of nitrogens with zero attached hydrogens (tertiary/aromatic N) is 1. The molecule has 2 rings (SSSR count). The molecule has 0 saturated carbocycles. The second-order valence-electron chi connectivity index (χ2n) is 4.94. The molecular formula is C16H21N3OS. The molecule has 1 aromatic carbocycles. The summed E-state index contributed by atoms with van der Waals surface area (Å²) in [6.45, 7) is 4.20. The van der Waals surface area contributed by atoms with Gasteiger partial charge < -0.3 is 10.3 Å². The van der Waals surface area contributed by atoms with Crippen LogP contribution in [0.4, 0.5) is 0 Å². The van der Waals surface area contributed by atoms with Gasteiger partial charge in [-0.3, -0.25) is 4.79 Å². The summed E-state index contributed by atoms with van der Waals surface area (Å²) in [5.41, 5.74) is 1.96. The average molecular weight is 303 g/mol. The van der Waals surface area contributed by atoms with Gasteiger partial charge in [-0.25, -0.2) is 4.98 Å². The molecule has 1 aromatic heterocycles. The lowest BCUT2D eigenvalue weighted by molar-refractivity contribution is 0.641. The number of aromatic amines is 1. The molecular weight excluding hydrogens is 282 g/mol. The summed E-state index contributed by atoms with van der Waals surface area (Å²) in [7, 11) is 1.94. The molecule has 1 unspecified atom stereocenters. The topological polar surface area (TPSA) is 57.8 Å². The summed E-state index contributed by atoms with van der Waals surface area (Å²) in [6.07, 6.45) is 1.81. The van der Waals surface area contributed by atoms with Gasteiger partial charge in [-0.15, -0.1) is 0 Å². The molecule has 0 amide bonds. The lowest BCUT2D eigenvalue weighted by Gasteiger charge is -2.15. The lowest BCUT2D eigenvalue weighted by atomic mass is 10.1. The number of hydrogen-bond donors (Lipinski definition) is 2. The van der Waals surface area contributed by atoms with E-state index in [4.69, 9.17) is 0 Å². The number of rotatable bonds is 6. The molecule has 112 valence electrons. The minimum absolute atomic E-state index is 0.0879. The summed E-state index contributed by atoms with van der Waals surface area (Å²) in [6, 6.07) is 10.0. The van der Waals surface area contributed by atoms with Crippen LogP contribution in [-0.2, 0) is 6.42 Å². The maximum Gasteiger partial charge on any atom is 0.251 e. The maximum atomic E-state index is 11.7. The SMILES string of the molecule is CCCc1cc(=O)[nH]c(Sc2ccccc2C(C)NC)n1. The third-order valence-electron chi connectivity index (χ3n) is 3.30. The van der Waals surface area contributed by atoms with Crippen molar-refractivity contribution in [1.29, 1.82) is 0 Å². The molecule has 0 saturated heterocycles. The van der Waals surface area contributed by atoms with Crippen molar-refractivity contribution >= 4 is 11.8 Å². The Hall–Kier alpha value is -1.59. The molecule has 0 aliphatic carbocycles. The molecule has 1 atom stereocenters. The number of aryl methyl sites for hydroxylation is 1. The van der Waals surface area contributed by atoms with Gasteiger partial charge in [0, 0.05) is 22.7 Å². The molecule has 4 nitrogen and oxygen atoms in total. The van der Waals surface area contributed by atoms with Crippen LogP contribution < -0.4 is 10.9 Å². The van der Waals surface area contributed by atoms with E-state index in [2.05, 4.69) is 41.3 Å². The fourth-order valence-electron chi connectivity index (χ4n) is 2.11. The first-order chi connectivity index (χ1) is 10.1. The van der Waals surface area contributed by atoms with E-state index in [-0.39, 0.29) is 11.6 Å². The Labute approximate surface area is 129 Å². The highest BCUT2D eigenvalue weighted by molar-refractivity contribution is 7.99. The Morgan fingerprint density at radius 2 is 2.14 bits per heavy atom. The van der Waals surface area contributed by atoms with E-state index >= 15 is 0 Å². The van der Waals surface area contributed by atoms with Gasteiger partial charge >= 0.3 is 0 Å². The van der Waals surface area contributed by atoms with Crippen LogP contribution in [0, 0.1) is 0 Å². The normalized spacial score (nSPS) is 12.3. The third kappa shape index (κ3) is 4.19. The van der Waals surface area contributed by atoms with Crippen molar-refractivity contribution in [2.75, 3.05) is 7.05 Å². The van der Waals surface area contributed by atoms with Crippen molar-refractivity contribution in [3.8, 4) is 0 Å². The number of nitrogens with one attached hydrogen (secondary N) is 2. The van der Waals surface area contributed by atoms with Gasteiger partial charge in [0.1, 0.15) is 0 Å². The van der Waals surface area contributed by atoms with Crippen molar-refractivity contribution in [3.05, 3.63) is 51.9 Å². The van der Waals surface area contributed by atoms with Crippen LogP contribution in [0.25, 0.3) is 0 Å². The van der Waals surface area contributed by atoms with E-state index in [0.717, 1.165) is 23.4 Å². The van der Waals surface area contributed by atoms with Gasteiger partial charge in [0.15, 0.2) is 5.16 Å². The first-order valence-electron chi connectivity index (χ1n) is 7.18. The molecule has 0 bridgehead atoms. The standard InChI is InChI=1S/C16H21N3OS/c1-4-7-12-10-15(20)19-16(18-12)21-14-9-6-5-8-13(14)11(2)17-3/h5-6,8-11,17H,4,7H2,1-3H3,(H,18,19,20). The van der Waals surface area contributed by atoms with Crippen molar-refractivity contribution < 1.29 is 0 Å². The maximum absolute atomic E-state index is 11.7. The van der Waals surface area contributed by atoms with Gasteiger partial charge in [0.25, 0.3) is 5.56 Å². The van der Waals surface area contributed by atoms with Gasteiger partial charge in [-0.2, -0.15) is 0 Å². The zero-order valence-corrected chi connectivity index (χ0v) is 13.5. The second kappa shape index (κ2) is 7.43. The molecule has 2 N–H and O–H groups in total. The highest BCUT2D eigenvalue weighted by Crippen LogP contribution is 2.30. The average Bonchev–Trinajstić information content (AvgIpc) is 2.47. The molecule has 1 heterocycles. The summed E-state index contributed by atoms with van der Waals surface area (Å²) in [5.74, 6) is 0. The van der Waals surface area contributed by atoms with E-state index in [1.165, 1.54) is 17.3 Å². The summed E-state index contributed by atoms with van der Waals surface area (Å²) in [5, 5.41) is 3.90. The molecule has 5 heteroatoms. The lowest BCUT2D eigenvalue weighted by Crippen LogP contribution is -2.13. The predicted octanol–water partition coefficient (Wildman–Crippen LogP) is 3.15. The smallest absolute Gasteiger partial charge is 0.251 e. The van der Waals surface area contributed by atoms with Gasteiger partial charge in [-0.05, 0) is 32.0 Å². The highest BCUT2D eigenvalue weighted by atomic mass is 32.2. The largest absolute Gasteiger partial charge is 0.313 e. The molecule has 0 aliphatic rings. The molecule has 2 aromatic rings. The van der Waals surface area contributed by atoms with Crippen LogP contribution in [0.3, 0.4) is 0 Å². The monoisotopic (exact) mass is 303 g/mol. The number of aromatic nitrogens is 2. The summed E-state index contributed by atoms with van der Waals surface area (Å²) < 4.78 is 0. The van der Waals surface area contributed by atoms with Crippen LogP contribution >= 0.6 is 11.8 Å². The minimum Gasteiger partial charge on any atom is -0.313 e. The Balaban J connectivity index is 2.32. The Kier molecular flexibility index (Phi) is 5.59. The number of H-pyrrole nitrogens is 1. The van der Waals surface area contributed by atoms with Crippen molar-refractivity contribution in [3.63, 3.8) is 0 Å². The quantitative estimate of drug-likeness (QED) is 0.805. The minimum atomic E-state index is -0.0879. The third-order valence-corrected chi connectivity index (χ3v) is 4.28. The molecule has 0 aliphatic heterocycles. The van der Waals surface area contributed by atoms with E-state index in [0.29, 0.717) is 5.16 Å². The van der Waals surface area contributed by atoms with Crippen LogP contribution in [0.1, 0.15) is 37.6 Å². The van der Waals surface area contributed by atoms with Crippen LogP contribution in [0.5, 0.6) is 0 Å². The first-order valence-corrected chi connectivity index (χ1v) is 8.00. The second-order valence-corrected chi connectivity index (χ2v) is 5.97. The van der Waals surface area contributed by atoms with E-state index < -0.39 is 0 Å². The van der Waals surface area contributed by atoms with Crippen molar-refractivity contribution in [1.82, 2.24) is 15.3 Å². The summed E-state index contributed by atoms with van der Waals surface area (Å²) in [4.78, 5) is 20.2. The predicted molar refractivity (Wildman–Crippen MR) is 86.9 cm³/mol. The van der Waals surface area contributed by atoms with E-state index in [1.807, 2.05) is 19.2 Å². The molecule has 0 spiro atoms. The van der Waals surface area contributed by atoms with Crippen LogP contribution in [0.15, 0.2) is 45.2 Å². The fraction of sp³-hybridized carbons (Fsp3) is 0.375. The fourth-order valence-corrected chi connectivity index (χ4v) is 3.14. The zero-order valence-electron chi connectivity index (χ0n) is 12.6. The van der Waals surface area contributed by atoms with Gasteiger partial charge in [0.05, 0.1) is 0 Å². The van der Waals surface area contributed by atoms with Crippen molar-refractivity contribution in [2.24, 2.45) is 0 Å². The Bertz CT molecular complexity index is 654. The zero-order chi connectivity index (χ0) is 15.2. The highest BCUT2D eigenvalue weighted by Gasteiger charge is 2.11. The molecule has 0 fully saturated rings. The Morgan fingerprint density at radius 1 is 1.38 bits per heavy atom. The van der Waals surface area contributed by atoms with Gasteiger partial charge in [-0.1, -0.05) is 43.3 Å². The Morgan fingerprint density at radius 3 is 2.86 bits per heavy atom. The molecule has 0 radical (unpaired) electrons. The number of hydrogen-bond acceptors (Lipinski definition) is 4. The van der Waals surface area contributed by atoms with E-state index in [9.17, 15) is 4.79 Å². The van der Waals surface area contributed by atoms with Crippen LogP contribution in [-0.4, -0.2) is 17.0 Å². The molecule has 21 heavy (non-hydrogen) atoms. The van der Waals surface area contributed by atoms with Crippen molar-refractivity contribution in [2.45, 2.75) is 42.8 Å².